The zero-order valence-electron chi connectivity index (χ0n) is 17.0. The number of rotatable bonds is 8. The van der Waals surface area contributed by atoms with Gasteiger partial charge in [-0.05, 0) is 74.2 Å². The maximum absolute atomic E-state index is 13.5. The second-order valence-corrected chi connectivity index (χ2v) is 8.74. The molecule has 2 aliphatic carbocycles. The molecule has 0 aromatic carbocycles. The first-order valence-corrected chi connectivity index (χ1v) is 10.8. The molecule has 5 heteroatoms. The van der Waals surface area contributed by atoms with Crippen LogP contribution < -0.4 is 0 Å². The maximum Gasteiger partial charge on any atom is 0.226 e. The Balaban J connectivity index is 1.39. The van der Waals surface area contributed by atoms with E-state index in [-0.39, 0.29) is 5.92 Å². The van der Waals surface area contributed by atoms with Crippen LogP contribution in [-0.4, -0.2) is 60.6 Å². The van der Waals surface area contributed by atoms with Crippen LogP contribution in [0.1, 0.15) is 31.2 Å². The van der Waals surface area contributed by atoms with Gasteiger partial charge in [0.05, 0.1) is 6.61 Å². The topological polar surface area (TPSA) is 45.7 Å². The molecule has 2 fully saturated rings. The van der Waals surface area contributed by atoms with E-state index in [0.29, 0.717) is 30.2 Å². The van der Waals surface area contributed by atoms with E-state index < -0.39 is 0 Å². The van der Waals surface area contributed by atoms with Crippen molar-refractivity contribution in [3.8, 4) is 0 Å². The molecule has 1 amide bonds. The summed E-state index contributed by atoms with van der Waals surface area (Å²) in [5.74, 6) is 2.26. The lowest BCUT2D eigenvalue weighted by molar-refractivity contribution is -0.138. The third kappa shape index (κ3) is 4.64. The predicted octanol–water partition coefficient (Wildman–Crippen LogP) is 2.98. The number of allylic oxidation sites excluding steroid dienone is 2. The Bertz CT molecular complexity index is 670. The highest BCUT2D eigenvalue weighted by molar-refractivity contribution is 5.80. The quantitative estimate of drug-likeness (QED) is 0.648. The van der Waals surface area contributed by atoms with E-state index in [4.69, 9.17) is 4.74 Å². The van der Waals surface area contributed by atoms with Crippen molar-refractivity contribution >= 4 is 5.91 Å². The van der Waals surface area contributed by atoms with E-state index in [0.717, 1.165) is 39.2 Å². The molecule has 4 rings (SSSR count). The molecule has 3 aliphatic rings. The molecule has 1 aromatic heterocycles. The van der Waals surface area contributed by atoms with Gasteiger partial charge >= 0.3 is 0 Å². The number of ether oxygens (including phenoxy) is 1. The van der Waals surface area contributed by atoms with E-state index in [1.54, 1.807) is 7.11 Å². The fourth-order valence-corrected chi connectivity index (χ4v) is 5.16. The highest BCUT2D eigenvalue weighted by Crippen LogP contribution is 2.44. The zero-order chi connectivity index (χ0) is 19.3. The van der Waals surface area contributed by atoms with Crippen LogP contribution in [0.15, 0.2) is 36.7 Å². The molecule has 0 radical (unpaired) electrons. The zero-order valence-corrected chi connectivity index (χ0v) is 17.0. The van der Waals surface area contributed by atoms with Gasteiger partial charge in [0.25, 0.3) is 0 Å². The summed E-state index contributed by atoms with van der Waals surface area (Å²) in [4.78, 5) is 22.2. The number of piperidine rings is 1. The van der Waals surface area contributed by atoms with Gasteiger partial charge in [0, 0.05) is 45.1 Å². The summed E-state index contributed by atoms with van der Waals surface area (Å²) in [6, 6.07) is 4.07. The van der Waals surface area contributed by atoms with Crippen LogP contribution in [0.5, 0.6) is 0 Å². The Kier molecular flexibility index (Phi) is 6.43. The molecule has 3 atom stereocenters. The minimum atomic E-state index is 0.193. The number of nitrogens with zero attached hydrogens (tertiary/aromatic N) is 3. The van der Waals surface area contributed by atoms with Gasteiger partial charge in [-0.15, -0.1) is 0 Å². The monoisotopic (exact) mass is 383 g/mol. The number of carbonyl (C=O) groups is 1. The SMILES string of the molecule is COCCN1CCC(CN(Cc2ccncc2)C(=O)[C@H]2C[C@H]3C=C[C@@H]2C3)CC1. The number of likely N-dealkylation sites (tertiary alicyclic amines) is 1. The summed E-state index contributed by atoms with van der Waals surface area (Å²) in [6.07, 6.45) is 12.8. The number of hydrogen-bond donors (Lipinski definition) is 0. The van der Waals surface area contributed by atoms with Crippen LogP contribution in [0.3, 0.4) is 0 Å². The van der Waals surface area contributed by atoms with Crippen LogP contribution in [0.2, 0.25) is 0 Å². The summed E-state index contributed by atoms with van der Waals surface area (Å²) >= 11 is 0. The third-order valence-corrected chi connectivity index (χ3v) is 6.83. The first kappa shape index (κ1) is 19.6. The molecule has 1 aliphatic heterocycles. The first-order valence-electron chi connectivity index (χ1n) is 10.8. The fraction of sp³-hybridized carbons (Fsp3) is 0.652. The van der Waals surface area contributed by atoms with Crippen molar-refractivity contribution in [2.75, 3.05) is 39.9 Å². The van der Waals surface area contributed by atoms with Gasteiger partial charge < -0.3 is 14.5 Å². The second kappa shape index (κ2) is 9.19. The molecule has 0 N–H and O–H groups in total. The standard InChI is InChI=1S/C23H33N3O2/c1-28-13-12-25-10-6-19(7-11-25)17-26(16-18-4-8-24-9-5-18)23(27)22-15-20-2-3-21(22)14-20/h2-5,8-9,19-22H,6-7,10-17H2,1H3/t20-,21+,22-/m0/s1. The van der Waals surface area contributed by atoms with Gasteiger partial charge in [-0.25, -0.2) is 0 Å². The van der Waals surface area contributed by atoms with Crippen LogP contribution in [0, 0.1) is 23.7 Å². The van der Waals surface area contributed by atoms with Crippen molar-refractivity contribution in [1.82, 2.24) is 14.8 Å². The molecule has 1 saturated heterocycles. The van der Waals surface area contributed by atoms with E-state index in [1.165, 1.54) is 24.8 Å². The minimum Gasteiger partial charge on any atom is -0.383 e. The number of amides is 1. The normalized spacial score (nSPS) is 27.4. The lowest BCUT2D eigenvalue weighted by Gasteiger charge is -2.36. The number of carbonyl (C=O) groups excluding carboxylic acids is 1. The molecule has 2 heterocycles. The number of hydrogen-bond acceptors (Lipinski definition) is 4. The summed E-state index contributed by atoms with van der Waals surface area (Å²) < 4.78 is 5.21. The van der Waals surface area contributed by atoms with Gasteiger partial charge in [0.15, 0.2) is 0 Å². The fourth-order valence-electron chi connectivity index (χ4n) is 5.16. The average Bonchev–Trinajstić information content (AvgIpc) is 3.37. The molecule has 28 heavy (non-hydrogen) atoms. The molecule has 152 valence electrons. The van der Waals surface area contributed by atoms with Crippen LogP contribution in [-0.2, 0) is 16.1 Å². The largest absolute Gasteiger partial charge is 0.383 e. The van der Waals surface area contributed by atoms with Crippen molar-refractivity contribution < 1.29 is 9.53 Å². The molecule has 1 saturated carbocycles. The minimum absolute atomic E-state index is 0.193. The lowest BCUT2D eigenvalue weighted by atomic mass is 9.90. The molecular weight excluding hydrogens is 350 g/mol. The number of methoxy groups -OCH3 is 1. The van der Waals surface area contributed by atoms with Crippen LogP contribution in [0.4, 0.5) is 0 Å². The molecule has 0 unspecified atom stereocenters. The van der Waals surface area contributed by atoms with Crippen molar-refractivity contribution in [2.24, 2.45) is 23.7 Å². The van der Waals surface area contributed by atoms with Crippen LogP contribution in [0.25, 0.3) is 0 Å². The Morgan fingerprint density at radius 1 is 1.21 bits per heavy atom. The van der Waals surface area contributed by atoms with E-state index in [2.05, 4.69) is 26.9 Å². The van der Waals surface area contributed by atoms with E-state index in [1.807, 2.05) is 24.5 Å². The van der Waals surface area contributed by atoms with Gasteiger partial charge in [-0.3, -0.25) is 9.78 Å². The van der Waals surface area contributed by atoms with Crippen LogP contribution >= 0.6 is 0 Å². The van der Waals surface area contributed by atoms with Crippen molar-refractivity contribution in [3.63, 3.8) is 0 Å². The predicted molar refractivity (Wildman–Crippen MR) is 110 cm³/mol. The summed E-state index contributed by atoms with van der Waals surface area (Å²) in [6.45, 7) is 5.64. The highest BCUT2D eigenvalue weighted by atomic mass is 16.5. The third-order valence-electron chi connectivity index (χ3n) is 6.83. The molecule has 0 spiro atoms. The molecule has 5 nitrogen and oxygen atoms in total. The average molecular weight is 384 g/mol. The summed E-state index contributed by atoms with van der Waals surface area (Å²) in [7, 11) is 1.76. The Morgan fingerprint density at radius 3 is 2.64 bits per heavy atom. The number of aromatic nitrogens is 1. The molecular formula is C23H33N3O2. The van der Waals surface area contributed by atoms with E-state index >= 15 is 0 Å². The van der Waals surface area contributed by atoms with E-state index in [9.17, 15) is 4.79 Å². The van der Waals surface area contributed by atoms with Crippen molar-refractivity contribution in [3.05, 3.63) is 42.2 Å². The summed E-state index contributed by atoms with van der Waals surface area (Å²) in [5, 5.41) is 0. The maximum atomic E-state index is 13.5. The van der Waals surface area contributed by atoms with Gasteiger partial charge in [0.1, 0.15) is 0 Å². The van der Waals surface area contributed by atoms with Gasteiger partial charge in [0.2, 0.25) is 5.91 Å². The number of fused-ring (bicyclic) bond motifs is 2. The molecule has 2 bridgehead atoms. The van der Waals surface area contributed by atoms with Crippen molar-refractivity contribution in [1.29, 1.82) is 0 Å². The Hall–Kier alpha value is -1.72. The summed E-state index contributed by atoms with van der Waals surface area (Å²) in [5.41, 5.74) is 1.18. The van der Waals surface area contributed by atoms with Crippen molar-refractivity contribution in [2.45, 2.75) is 32.2 Å². The molecule has 1 aromatic rings. The smallest absolute Gasteiger partial charge is 0.226 e. The van der Waals surface area contributed by atoms with Gasteiger partial charge in [-0.2, -0.15) is 0 Å². The Labute approximate surface area is 168 Å². The lowest BCUT2D eigenvalue weighted by Crippen LogP contribution is -2.43. The highest BCUT2D eigenvalue weighted by Gasteiger charge is 2.41. The van der Waals surface area contributed by atoms with Gasteiger partial charge in [-0.1, -0.05) is 12.2 Å². The second-order valence-electron chi connectivity index (χ2n) is 8.74. The Morgan fingerprint density at radius 2 is 2.00 bits per heavy atom. The first-order chi connectivity index (χ1) is 13.7. The number of pyridine rings is 1.